The summed E-state index contributed by atoms with van der Waals surface area (Å²) in [5.74, 6) is 0.829. The van der Waals surface area contributed by atoms with Gasteiger partial charge in [-0.1, -0.05) is 85.8 Å². The maximum absolute atomic E-state index is 12.3. The zero-order chi connectivity index (χ0) is 20.3. The Balaban J connectivity index is 1.85. The highest BCUT2D eigenvalue weighted by Gasteiger charge is 2.52. The van der Waals surface area contributed by atoms with Crippen LogP contribution in [0.25, 0.3) is 0 Å². The average molecular weight is 389 g/mol. The van der Waals surface area contributed by atoms with E-state index in [2.05, 4.69) is 60.8 Å². The molecule has 0 radical (unpaired) electrons. The molecule has 3 heteroatoms. The second kappa shape index (κ2) is 8.40. The Morgan fingerprint density at radius 1 is 0.897 bits per heavy atom. The van der Waals surface area contributed by atoms with Crippen molar-refractivity contribution in [1.82, 2.24) is 0 Å². The predicted molar refractivity (Wildman–Crippen MR) is 116 cm³/mol. The smallest absolute Gasteiger partial charge is 0.124 e. The van der Waals surface area contributed by atoms with Crippen LogP contribution in [0.1, 0.15) is 48.5 Å². The normalized spacial score (nSPS) is 26.8. The lowest BCUT2D eigenvalue weighted by Crippen LogP contribution is -2.91. The van der Waals surface area contributed by atoms with Gasteiger partial charge in [-0.05, 0) is 12.5 Å². The molecular weight excluding hydrogens is 358 g/mol. The highest BCUT2D eigenvalue weighted by Crippen LogP contribution is 2.48. The second-order valence-corrected chi connectivity index (χ2v) is 7.99. The Morgan fingerprint density at radius 3 is 2.10 bits per heavy atom. The number of methoxy groups -OCH3 is 1. The average Bonchev–Trinajstić information content (AvgIpc) is 2.79. The molecule has 150 valence electrons. The predicted octanol–water partition coefficient (Wildman–Crippen LogP) is 4.36. The number of benzene rings is 3. The first-order chi connectivity index (χ1) is 14.2. The Kier molecular flexibility index (Phi) is 5.70. The number of nitrogens with two attached hydrogens (primary N) is 1. The van der Waals surface area contributed by atoms with Crippen molar-refractivity contribution in [2.24, 2.45) is 5.92 Å². The van der Waals surface area contributed by atoms with Gasteiger partial charge in [0.15, 0.2) is 0 Å². The van der Waals surface area contributed by atoms with Gasteiger partial charge in [0.2, 0.25) is 0 Å². The summed E-state index contributed by atoms with van der Waals surface area (Å²) in [7, 11) is 1.68. The third kappa shape index (κ3) is 3.68. The summed E-state index contributed by atoms with van der Waals surface area (Å²) >= 11 is 0. The van der Waals surface area contributed by atoms with E-state index in [-0.39, 0.29) is 18.0 Å². The van der Waals surface area contributed by atoms with Crippen LogP contribution in [-0.4, -0.2) is 12.2 Å². The molecular formula is C26H30NO2+. The van der Waals surface area contributed by atoms with Crippen LogP contribution >= 0.6 is 0 Å². The number of piperidine rings is 1. The molecule has 0 aliphatic carbocycles. The minimum absolute atomic E-state index is 0.0705. The number of ether oxygens (including phenoxy) is 1. The molecule has 3 N–H and O–H groups in total. The number of hydrogen-bond donors (Lipinski definition) is 2. The first kappa shape index (κ1) is 19.7. The second-order valence-electron chi connectivity index (χ2n) is 7.99. The number of para-hydroxylation sites is 1. The summed E-state index contributed by atoms with van der Waals surface area (Å²) in [5.41, 5.74) is 2.42. The molecule has 3 aromatic carbocycles. The zero-order valence-electron chi connectivity index (χ0n) is 17.2. The van der Waals surface area contributed by atoms with Crippen LogP contribution in [0.5, 0.6) is 5.75 Å². The molecule has 4 atom stereocenters. The van der Waals surface area contributed by atoms with Crippen molar-refractivity contribution in [3.63, 3.8) is 0 Å². The van der Waals surface area contributed by atoms with E-state index in [9.17, 15) is 5.11 Å². The Morgan fingerprint density at radius 2 is 1.48 bits per heavy atom. The van der Waals surface area contributed by atoms with E-state index in [0.29, 0.717) is 6.42 Å². The Hall–Kier alpha value is -2.62. The fourth-order valence-electron chi connectivity index (χ4n) is 5.09. The van der Waals surface area contributed by atoms with Gasteiger partial charge in [-0.15, -0.1) is 0 Å². The summed E-state index contributed by atoms with van der Waals surface area (Å²) in [4.78, 5) is 0. The molecule has 0 amide bonds. The van der Waals surface area contributed by atoms with Crippen molar-refractivity contribution >= 4 is 0 Å². The third-order valence-electron chi connectivity index (χ3n) is 6.44. The van der Waals surface area contributed by atoms with Crippen LogP contribution in [0.2, 0.25) is 0 Å². The molecule has 29 heavy (non-hydrogen) atoms. The van der Waals surface area contributed by atoms with E-state index < -0.39 is 5.60 Å². The van der Waals surface area contributed by atoms with Gasteiger partial charge in [-0.3, -0.25) is 0 Å². The summed E-state index contributed by atoms with van der Waals surface area (Å²) in [6.07, 6.45) is 1.53. The van der Waals surface area contributed by atoms with Crippen molar-refractivity contribution < 1.29 is 15.2 Å². The van der Waals surface area contributed by atoms with Gasteiger partial charge in [-0.25, -0.2) is 0 Å². The monoisotopic (exact) mass is 388 g/mol. The molecule has 1 heterocycles. The lowest BCUT2D eigenvalue weighted by Gasteiger charge is -2.46. The molecule has 0 spiro atoms. The summed E-state index contributed by atoms with van der Waals surface area (Å²) < 4.78 is 5.67. The molecule has 1 fully saturated rings. The van der Waals surface area contributed by atoms with Crippen molar-refractivity contribution in [3.05, 3.63) is 102 Å². The van der Waals surface area contributed by atoms with Gasteiger partial charge in [0, 0.05) is 29.0 Å². The standard InChI is InChI=1S/C26H29NO2/c1-3-21-25(20-14-8-5-9-15-20)27-23(19-12-6-4-7-13-19)18-26(21,28)22-16-10-11-17-24(22)29-2/h4-17,21,23,25,27-28H,3,18H2,1-2H3/p+1/t21-,23-,25+,26+/m0/s1. The first-order valence-corrected chi connectivity index (χ1v) is 10.5. The topological polar surface area (TPSA) is 46.1 Å². The zero-order valence-corrected chi connectivity index (χ0v) is 17.2. The number of aliphatic hydroxyl groups is 1. The molecule has 1 aliphatic rings. The summed E-state index contributed by atoms with van der Waals surface area (Å²) in [5, 5.41) is 14.7. The van der Waals surface area contributed by atoms with E-state index in [4.69, 9.17) is 4.74 Å². The van der Waals surface area contributed by atoms with Gasteiger partial charge >= 0.3 is 0 Å². The third-order valence-corrected chi connectivity index (χ3v) is 6.44. The van der Waals surface area contributed by atoms with Crippen LogP contribution in [0.4, 0.5) is 0 Å². The van der Waals surface area contributed by atoms with Gasteiger partial charge in [-0.2, -0.15) is 0 Å². The molecule has 4 rings (SSSR count). The SMILES string of the molecule is CC[C@H]1[C@@H](c2ccccc2)[NH2+][C@H](c2ccccc2)C[C@]1(O)c1ccccc1OC. The van der Waals surface area contributed by atoms with E-state index in [1.165, 1.54) is 11.1 Å². The molecule has 0 aromatic heterocycles. The number of rotatable bonds is 5. The van der Waals surface area contributed by atoms with E-state index in [0.717, 1.165) is 17.7 Å². The van der Waals surface area contributed by atoms with E-state index in [1.807, 2.05) is 36.4 Å². The lowest BCUT2D eigenvalue weighted by atomic mass is 9.67. The molecule has 3 nitrogen and oxygen atoms in total. The van der Waals surface area contributed by atoms with E-state index >= 15 is 0 Å². The quantitative estimate of drug-likeness (QED) is 0.682. The number of hydrogen-bond acceptors (Lipinski definition) is 2. The molecule has 0 bridgehead atoms. The van der Waals surface area contributed by atoms with Crippen LogP contribution in [-0.2, 0) is 5.60 Å². The van der Waals surface area contributed by atoms with Crippen molar-refractivity contribution in [1.29, 1.82) is 0 Å². The van der Waals surface area contributed by atoms with Gasteiger partial charge in [0.25, 0.3) is 0 Å². The fourth-order valence-corrected chi connectivity index (χ4v) is 5.09. The highest BCUT2D eigenvalue weighted by atomic mass is 16.5. The lowest BCUT2D eigenvalue weighted by molar-refractivity contribution is -0.758. The van der Waals surface area contributed by atoms with Crippen LogP contribution in [0.15, 0.2) is 84.9 Å². The number of quaternary nitrogens is 1. The molecule has 1 aliphatic heterocycles. The van der Waals surface area contributed by atoms with Gasteiger partial charge in [0.1, 0.15) is 23.4 Å². The minimum Gasteiger partial charge on any atom is -0.496 e. The maximum Gasteiger partial charge on any atom is 0.124 e. The molecule has 0 unspecified atom stereocenters. The fraction of sp³-hybridized carbons (Fsp3) is 0.308. The Bertz CT molecular complexity index is 928. The summed E-state index contributed by atoms with van der Waals surface area (Å²) in [6.45, 7) is 2.18. The van der Waals surface area contributed by atoms with Crippen molar-refractivity contribution in [2.75, 3.05) is 7.11 Å². The first-order valence-electron chi connectivity index (χ1n) is 10.5. The van der Waals surface area contributed by atoms with Crippen LogP contribution in [0, 0.1) is 5.92 Å². The van der Waals surface area contributed by atoms with E-state index in [1.54, 1.807) is 7.11 Å². The maximum atomic E-state index is 12.3. The van der Waals surface area contributed by atoms with Crippen LogP contribution in [0.3, 0.4) is 0 Å². The van der Waals surface area contributed by atoms with Crippen LogP contribution < -0.4 is 10.1 Å². The van der Waals surface area contributed by atoms with Crippen molar-refractivity contribution in [3.8, 4) is 5.75 Å². The molecule has 1 saturated heterocycles. The largest absolute Gasteiger partial charge is 0.496 e. The molecule has 3 aromatic rings. The molecule has 0 saturated carbocycles. The van der Waals surface area contributed by atoms with Gasteiger partial charge < -0.3 is 15.2 Å². The highest BCUT2D eigenvalue weighted by molar-refractivity contribution is 5.40. The van der Waals surface area contributed by atoms with Gasteiger partial charge in [0.05, 0.1) is 7.11 Å². The summed E-state index contributed by atoms with van der Waals surface area (Å²) in [6, 6.07) is 29.4. The minimum atomic E-state index is -0.975. The van der Waals surface area contributed by atoms with Crippen molar-refractivity contribution in [2.45, 2.75) is 37.5 Å². The Labute approximate surface area is 173 Å².